The lowest BCUT2D eigenvalue weighted by Crippen LogP contribution is -2.12. The number of aromatic nitrogens is 1. The highest BCUT2D eigenvalue weighted by Gasteiger charge is 2.20. The molecule has 98 valence electrons. The summed E-state index contributed by atoms with van der Waals surface area (Å²) in [6.45, 7) is 0. The Kier molecular flexibility index (Phi) is 4.27. The molecular formula is C10H5Br2N3O3S. The van der Waals surface area contributed by atoms with Gasteiger partial charge in [0.1, 0.15) is 4.47 Å². The minimum absolute atomic E-state index is 0.146. The van der Waals surface area contributed by atoms with E-state index in [0.717, 1.165) is 3.79 Å². The van der Waals surface area contributed by atoms with Crippen LogP contribution in [0, 0.1) is 10.1 Å². The van der Waals surface area contributed by atoms with Gasteiger partial charge in [-0.15, -0.1) is 0 Å². The molecule has 0 aliphatic rings. The summed E-state index contributed by atoms with van der Waals surface area (Å²) in [7, 11) is 0. The summed E-state index contributed by atoms with van der Waals surface area (Å²) >= 11 is 7.55. The zero-order chi connectivity index (χ0) is 14.0. The predicted octanol–water partition coefficient (Wildman–Crippen LogP) is 3.83. The predicted molar refractivity (Wildman–Crippen MR) is 78.6 cm³/mol. The maximum absolute atomic E-state index is 12.0. The number of nitro benzene ring substituents is 1. The largest absolute Gasteiger partial charge is 0.298 e. The molecule has 0 atom stereocenters. The number of carbonyl (C=O) groups excluding carboxylic acids is 1. The van der Waals surface area contributed by atoms with E-state index in [2.05, 4.69) is 42.2 Å². The molecule has 0 aliphatic heterocycles. The van der Waals surface area contributed by atoms with Gasteiger partial charge >= 0.3 is 0 Å². The summed E-state index contributed by atoms with van der Waals surface area (Å²) in [6, 6.07) is 4.27. The number of benzene rings is 1. The Morgan fingerprint density at radius 3 is 2.74 bits per heavy atom. The number of anilines is 1. The van der Waals surface area contributed by atoms with Crippen LogP contribution in [0.1, 0.15) is 10.4 Å². The average Bonchev–Trinajstić information content (AvgIpc) is 2.74. The second kappa shape index (κ2) is 5.76. The lowest BCUT2D eigenvalue weighted by Gasteiger charge is -2.04. The highest BCUT2D eigenvalue weighted by atomic mass is 79.9. The van der Waals surface area contributed by atoms with E-state index in [4.69, 9.17) is 0 Å². The van der Waals surface area contributed by atoms with Crippen molar-refractivity contribution in [2.45, 2.75) is 0 Å². The fourth-order valence-electron chi connectivity index (χ4n) is 1.31. The molecule has 2 aromatic rings. The number of nitro groups is 1. The van der Waals surface area contributed by atoms with Crippen LogP contribution in [0.25, 0.3) is 0 Å². The molecule has 0 spiro atoms. The van der Waals surface area contributed by atoms with Crippen LogP contribution in [0.2, 0.25) is 0 Å². The molecule has 0 unspecified atom stereocenters. The van der Waals surface area contributed by atoms with Gasteiger partial charge in [0.05, 0.1) is 20.5 Å². The average molecular weight is 407 g/mol. The first-order valence-corrected chi connectivity index (χ1v) is 7.25. The van der Waals surface area contributed by atoms with Crippen molar-refractivity contribution in [3.05, 3.63) is 48.3 Å². The molecule has 9 heteroatoms. The number of rotatable bonds is 3. The zero-order valence-corrected chi connectivity index (χ0v) is 13.1. The molecule has 6 nitrogen and oxygen atoms in total. The SMILES string of the molecule is O=C(Nc1ncc(Br)s1)c1cccc([N+](=O)[O-])c1Br. The highest BCUT2D eigenvalue weighted by molar-refractivity contribution is 9.11. The highest BCUT2D eigenvalue weighted by Crippen LogP contribution is 2.29. The number of hydrogen-bond donors (Lipinski definition) is 1. The molecule has 1 aromatic heterocycles. The van der Waals surface area contributed by atoms with Crippen LogP contribution in [0.4, 0.5) is 10.8 Å². The Bertz CT molecular complexity index is 659. The zero-order valence-electron chi connectivity index (χ0n) is 9.09. The van der Waals surface area contributed by atoms with E-state index in [1.54, 1.807) is 6.20 Å². The van der Waals surface area contributed by atoms with Crippen molar-refractivity contribution in [1.29, 1.82) is 0 Å². The number of thiazole rings is 1. The fraction of sp³-hybridized carbons (Fsp3) is 0. The minimum atomic E-state index is -0.555. The van der Waals surface area contributed by atoms with Crippen molar-refractivity contribution in [3.63, 3.8) is 0 Å². The summed E-state index contributed by atoms with van der Waals surface area (Å²) in [5, 5.41) is 13.8. The third-order valence-electron chi connectivity index (χ3n) is 2.12. The molecule has 0 radical (unpaired) electrons. The van der Waals surface area contributed by atoms with E-state index in [1.807, 2.05) is 0 Å². The lowest BCUT2D eigenvalue weighted by atomic mass is 10.2. The van der Waals surface area contributed by atoms with Crippen LogP contribution in [0.5, 0.6) is 0 Å². The first-order chi connectivity index (χ1) is 8.99. The first kappa shape index (κ1) is 14.1. The maximum atomic E-state index is 12.0. The van der Waals surface area contributed by atoms with Crippen molar-refractivity contribution in [2.75, 3.05) is 5.32 Å². The normalized spacial score (nSPS) is 10.2. The summed E-state index contributed by atoms with van der Waals surface area (Å²) in [4.78, 5) is 26.2. The number of carbonyl (C=O) groups is 1. The number of amides is 1. The second-order valence-electron chi connectivity index (χ2n) is 3.32. The molecule has 1 aromatic carbocycles. The Morgan fingerprint density at radius 2 is 2.16 bits per heavy atom. The van der Waals surface area contributed by atoms with Gasteiger partial charge in [-0.1, -0.05) is 17.4 Å². The van der Waals surface area contributed by atoms with Crippen LogP contribution < -0.4 is 5.32 Å². The van der Waals surface area contributed by atoms with Gasteiger partial charge < -0.3 is 0 Å². The Balaban J connectivity index is 2.29. The summed E-state index contributed by atoms with van der Waals surface area (Å²) < 4.78 is 0.925. The molecule has 0 fully saturated rings. The maximum Gasteiger partial charge on any atom is 0.284 e. The number of halogens is 2. The van der Waals surface area contributed by atoms with Gasteiger partial charge in [0, 0.05) is 6.07 Å². The molecule has 2 rings (SSSR count). The third-order valence-corrected chi connectivity index (χ3v) is 4.34. The molecule has 0 bridgehead atoms. The van der Waals surface area contributed by atoms with Crippen molar-refractivity contribution >= 4 is 59.9 Å². The van der Waals surface area contributed by atoms with Crippen LogP contribution in [0.3, 0.4) is 0 Å². The number of hydrogen-bond acceptors (Lipinski definition) is 5. The molecule has 19 heavy (non-hydrogen) atoms. The van der Waals surface area contributed by atoms with Crippen LogP contribution in [-0.2, 0) is 0 Å². The topological polar surface area (TPSA) is 85.1 Å². The Hall–Kier alpha value is -1.32. The molecule has 0 saturated carbocycles. The lowest BCUT2D eigenvalue weighted by molar-refractivity contribution is -0.385. The van der Waals surface area contributed by atoms with E-state index in [1.165, 1.54) is 29.5 Å². The summed E-state index contributed by atoms with van der Waals surface area (Å²) in [6.07, 6.45) is 1.56. The van der Waals surface area contributed by atoms with Crippen LogP contribution in [0.15, 0.2) is 32.7 Å². The molecular weight excluding hydrogens is 402 g/mol. The van der Waals surface area contributed by atoms with Crippen molar-refractivity contribution in [1.82, 2.24) is 4.98 Å². The monoisotopic (exact) mass is 405 g/mol. The van der Waals surface area contributed by atoms with E-state index >= 15 is 0 Å². The van der Waals surface area contributed by atoms with Crippen molar-refractivity contribution in [2.24, 2.45) is 0 Å². The molecule has 1 heterocycles. The van der Waals surface area contributed by atoms with Crippen LogP contribution in [-0.4, -0.2) is 15.8 Å². The molecule has 1 amide bonds. The summed E-state index contributed by atoms with van der Waals surface area (Å²) in [5.74, 6) is -0.461. The number of nitrogens with zero attached hydrogens (tertiary/aromatic N) is 2. The fourth-order valence-corrected chi connectivity index (χ4v) is 3.00. The number of nitrogens with one attached hydrogen (secondary N) is 1. The van der Waals surface area contributed by atoms with Crippen molar-refractivity contribution in [3.8, 4) is 0 Å². The van der Waals surface area contributed by atoms with E-state index in [9.17, 15) is 14.9 Å². The van der Waals surface area contributed by atoms with Gasteiger partial charge in [-0.05, 0) is 37.9 Å². The van der Waals surface area contributed by atoms with Gasteiger partial charge in [-0.2, -0.15) is 0 Å². The smallest absolute Gasteiger partial charge is 0.284 e. The first-order valence-electron chi connectivity index (χ1n) is 4.84. The van der Waals surface area contributed by atoms with E-state index in [-0.39, 0.29) is 15.7 Å². The Labute approximate surface area is 128 Å². The van der Waals surface area contributed by atoms with E-state index < -0.39 is 10.8 Å². The quantitative estimate of drug-likeness (QED) is 0.619. The second-order valence-corrected chi connectivity index (χ2v) is 6.52. The van der Waals surface area contributed by atoms with Gasteiger partial charge in [-0.3, -0.25) is 20.2 Å². The minimum Gasteiger partial charge on any atom is -0.298 e. The third kappa shape index (κ3) is 3.17. The summed E-state index contributed by atoms with van der Waals surface area (Å²) in [5.41, 5.74) is 0.0218. The van der Waals surface area contributed by atoms with Gasteiger partial charge in [0.2, 0.25) is 0 Å². The van der Waals surface area contributed by atoms with Gasteiger partial charge in [0.25, 0.3) is 11.6 Å². The molecule has 0 aliphatic carbocycles. The molecule has 1 N–H and O–H groups in total. The van der Waals surface area contributed by atoms with Gasteiger partial charge in [0.15, 0.2) is 5.13 Å². The van der Waals surface area contributed by atoms with E-state index in [0.29, 0.717) is 5.13 Å². The Morgan fingerprint density at radius 1 is 1.42 bits per heavy atom. The van der Waals surface area contributed by atoms with Crippen molar-refractivity contribution < 1.29 is 9.72 Å². The standard InChI is InChI=1S/C10H5Br2N3O3S/c11-7-4-13-10(19-7)14-9(16)5-2-1-3-6(8(5)12)15(17)18/h1-4H,(H,13,14,16). The molecule has 0 saturated heterocycles. The van der Waals surface area contributed by atoms with Gasteiger partial charge in [-0.25, -0.2) is 4.98 Å². The van der Waals surface area contributed by atoms with Crippen LogP contribution >= 0.6 is 43.2 Å².